The third-order valence-electron chi connectivity index (χ3n) is 11.0. The molecule has 7 nitrogen and oxygen atoms in total. The molecule has 0 spiro atoms. The molecule has 0 aromatic heterocycles. The van der Waals surface area contributed by atoms with Crippen LogP contribution in [-0.2, 0) is 19.1 Å². The zero-order valence-electron chi connectivity index (χ0n) is 22.4. The van der Waals surface area contributed by atoms with Crippen molar-refractivity contribution in [1.29, 1.82) is 0 Å². The Morgan fingerprint density at radius 2 is 1.79 bits per heavy atom. The van der Waals surface area contributed by atoms with E-state index < -0.39 is 70.0 Å². The van der Waals surface area contributed by atoms with Crippen molar-refractivity contribution in [3.8, 4) is 0 Å². The first kappa shape index (κ1) is 27.3. The smallest absolute Gasteiger partial charge is 0.478 e. The minimum absolute atomic E-state index is 0.00313. The SMILES string of the molecule is C[C@@H]1CCCC[C@@H]1OC(=O)OC1(C(=O)O)[C@H](C)C[C@H]2[C@@H]3C[C@H](F)C4=CC(=O)C=C[C@]4(C)[C@@]3(F)[C@@H](O)C[C@@]21C. The summed E-state index contributed by atoms with van der Waals surface area (Å²) in [4.78, 5) is 38.1. The molecule has 1 unspecified atom stereocenters. The standard InChI is InChI=1S/C29H38F2O7/c1-15-7-5-6-8-22(15)37-25(36)38-29(24(34)35)16(2)11-18-19-13-21(30)20-12-17(32)9-10-26(20,3)28(19,31)23(33)14-27(18,29)4/h9-10,12,15-16,18-19,21-23,33H,5-8,11,13-14H2,1-4H3,(H,34,35)/t15-,16-,18+,19+,21+,22+,23+,26+,27+,28+,29?/m1/s1. The molecule has 0 saturated heterocycles. The fourth-order valence-corrected chi connectivity index (χ4v) is 8.98. The van der Waals surface area contributed by atoms with E-state index in [1.54, 1.807) is 13.8 Å². The second-order valence-corrected chi connectivity index (χ2v) is 12.8. The number of carbonyl (C=O) groups is 3. The van der Waals surface area contributed by atoms with Gasteiger partial charge >= 0.3 is 12.1 Å². The number of fused-ring (bicyclic) bond motifs is 5. The Bertz CT molecular complexity index is 1100. The highest BCUT2D eigenvalue weighted by Gasteiger charge is 2.78. The number of alkyl halides is 2. The molecular formula is C29H38F2O7. The lowest BCUT2D eigenvalue weighted by Crippen LogP contribution is -2.71. The van der Waals surface area contributed by atoms with Gasteiger partial charge in [0.1, 0.15) is 12.3 Å². The third kappa shape index (κ3) is 3.42. The van der Waals surface area contributed by atoms with Crippen LogP contribution in [0.4, 0.5) is 13.6 Å². The number of carboxylic acid groups (broad SMARTS) is 1. The van der Waals surface area contributed by atoms with Crippen LogP contribution in [0, 0.1) is 34.5 Å². The average Bonchev–Trinajstić information content (AvgIpc) is 3.06. The number of hydrogen-bond acceptors (Lipinski definition) is 6. The number of carbonyl (C=O) groups excluding carboxylic acids is 2. The molecule has 0 aromatic rings. The maximum atomic E-state index is 17.3. The summed E-state index contributed by atoms with van der Waals surface area (Å²) in [5.41, 5.74) is -7.38. The molecule has 5 rings (SSSR count). The lowest BCUT2D eigenvalue weighted by Gasteiger charge is -2.62. The summed E-state index contributed by atoms with van der Waals surface area (Å²) in [5.74, 6) is -4.21. The van der Waals surface area contributed by atoms with Crippen molar-refractivity contribution in [2.24, 2.45) is 34.5 Å². The van der Waals surface area contributed by atoms with Crippen LogP contribution >= 0.6 is 0 Å². The molecule has 11 atom stereocenters. The molecule has 0 heterocycles. The summed E-state index contributed by atoms with van der Waals surface area (Å²) >= 11 is 0. The van der Waals surface area contributed by atoms with Gasteiger partial charge in [-0.2, -0.15) is 0 Å². The van der Waals surface area contributed by atoms with E-state index in [0.29, 0.717) is 6.42 Å². The maximum Gasteiger partial charge on any atom is 0.509 e. The number of halogens is 2. The van der Waals surface area contributed by atoms with Gasteiger partial charge in [-0.3, -0.25) is 4.79 Å². The Kier molecular flexibility index (Phi) is 6.36. The predicted octanol–water partition coefficient (Wildman–Crippen LogP) is 5.11. The van der Waals surface area contributed by atoms with Gasteiger partial charge < -0.3 is 19.7 Å². The van der Waals surface area contributed by atoms with E-state index in [0.717, 1.165) is 25.3 Å². The van der Waals surface area contributed by atoms with E-state index in [4.69, 9.17) is 9.47 Å². The molecule has 4 fully saturated rings. The topological polar surface area (TPSA) is 110 Å². The zero-order valence-corrected chi connectivity index (χ0v) is 22.4. The van der Waals surface area contributed by atoms with Crippen molar-refractivity contribution in [3.05, 3.63) is 23.8 Å². The van der Waals surface area contributed by atoms with E-state index in [-0.39, 0.29) is 36.9 Å². The summed E-state index contributed by atoms with van der Waals surface area (Å²) in [6, 6.07) is 0. The second kappa shape index (κ2) is 8.86. The Labute approximate surface area is 221 Å². The molecule has 5 aliphatic carbocycles. The van der Waals surface area contributed by atoms with Crippen molar-refractivity contribution in [3.63, 3.8) is 0 Å². The Morgan fingerprint density at radius 1 is 1.11 bits per heavy atom. The number of ketones is 1. The van der Waals surface area contributed by atoms with Crippen LogP contribution in [0.2, 0.25) is 0 Å². The van der Waals surface area contributed by atoms with Crippen molar-refractivity contribution >= 4 is 17.9 Å². The first-order valence-corrected chi connectivity index (χ1v) is 13.8. The number of rotatable bonds is 3. The quantitative estimate of drug-likeness (QED) is 0.483. The summed E-state index contributed by atoms with van der Waals surface area (Å²) < 4.78 is 44.3. The third-order valence-corrected chi connectivity index (χ3v) is 11.0. The lowest BCUT2D eigenvalue weighted by molar-refractivity contribution is -0.232. The number of ether oxygens (including phenoxy) is 2. The van der Waals surface area contributed by atoms with Gasteiger partial charge in [0.25, 0.3) is 0 Å². The van der Waals surface area contributed by atoms with Crippen molar-refractivity contribution in [2.45, 2.75) is 102 Å². The van der Waals surface area contributed by atoms with Crippen molar-refractivity contribution in [1.82, 2.24) is 0 Å². The number of carboxylic acids is 1. The van der Waals surface area contributed by atoms with E-state index in [1.165, 1.54) is 19.1 Å². The summed E-state index contributed by atoms with van der Waals surface area (Å²) in [5, 5.41) is 22.0. The fourth-order valence-electron chi connectivity index (χ4n) is 8.98. The average molecular weight is 537 g/mol. The van der Waals surface area contributed by atoms with Crippen LogP contribution in [0.15, 0.2) is 23.8 Å². The highest BCUT2D eigenvalue weighted by atomic mass is 19.1. The largest absolute Gasteiger partial charge is 0.509 e. The first-order valence-electron chi connectivity index (χ1n) is 13.8. The maximum absolute atomic E-state index is 17.3. The van der Waals surface area contributed by atoms with Crippen LogP contribution in [0.5, 0.6) is 0 Å². The molecule has 0 bridgehead atoms. The molecular weight excluding hydrogens is 498 g/mol. The van der Waals surface area contributed by atoms with Gasteiger partial charge in [-0.15, -0.1) is 0 Å². The monoisotopic (exact) mass is 536 g/mol. The molecule has 0 amide bonds. The number of aliphatic hydroxyl groups is 1. The van der Waals surface area contributed by atoms with E-state index in [2.05, 4.69) is 0 Å². The van der Waals surface area contributed by atoms with Crippen LogP contribution in [0.25, 0.3) is 0 Å². The van der Waals surface area contributed by atoms with Gasteiger partial charge in [0.15, 0.2) is 11.5 Å². The molecule has 4 saturated carbocycles. The molecule has 210 valence electrons. The lowest BCUT2D eigenvalue weighted by atomic mass is 9.44. The van der Waals surface area contributed by atoms with Gasteiger partial charge in [-0.05, 0) is 75.0 Å². The second-order valence-electron chi connectivity index (χ2n) is 12.8. The highest BCUT2D eigenvalue weighted by molar-refractivity contribution is 6.01. The van der Waals surface area contributed by atoms with E-state index >= 15 is 8.78 Å². The minimum atomic E-state index is -2.34. The molecule has 0 radical (unpaired) electrons. The molecule has 0 aromatic carbocycles. The molecule has 5 aliphatic rings. The van der Waals surface area contributed by atoms with Gasteiger partial charge in [0, 0.05) is 22.7 Å². The number of allylic oxidation sites excluding steroid dienone is 4. The number of aliphatic carboxylic acids is 1. The number of aliphatic hydroxyl groups excluding tert-OH is 1. The Morgan fingerprint density at radius 3 is 2.45 bits per heavy atom. The van der Waals surface area contributed by atoms with Gasteiger partial charge in [0.05, 0.1) is 6.10 Å². The van der Waals surface area contributed by atoms with Crippen molar-refractivity contribution in [2.75, 3.05) is 0 Å². The molecule has 38 heavy (non-hydrogen) atoms. The van der Waals surface area contributed by atoms with Gasteiger partial charge in [-0.1, -0.05) is 33.3 Å². The van der Waals surface area contributed by atoms with Crippen LogP contribution < -0.4 is 0 Å². The summed E-state index contributed by atoms with van der Waals surface area (Å²) in [6.45, 7) is 6.72. The van der Waals surface area contributed by atoms with Crippen molar-refractivity contribution < 1.29 is 42.9 Å². The first-order chi connectivity index (χ1) is 17.7. The fraction of sp³-hybridized carbons (Fsp3) is 0.759. The highest BCUT2D eigenvalue weighted by Crippen LogP contribution is 2.71. The summed E-state index contributed by atoms with van der Waals surface area (Å²) in [6.07, 6.45) is 1.93. The van der Waals surface area contributed by atoms with Gasteiger partial charge in [-0.25, -0.2) is 18.4 Å². The normalized spacial score (nSPS) is 49.8. The Balaban J connectivity index is 1.52. The van der Waals surface area contributed by atoms with Gasteiger partial charge in [0.2, 0.25) is 5.60 Å². The zero-order chi connectivity index (χ0) is 27.8. The summed E-state index contributed by atoms with van der Waals surface area (Å²) in [7, 11) is 0. The molecule has 0 aliphatic heterocycles. The Hall–Kier alpha value is -2.29. The molecule has 9 heteroatoms. The molecule has 2 N–H and O–H groups in total. The minimum Gasteiger partial charge on any atom is -0.478 e. The number of hydrogen-bond donors (Lipinski definition) is 2. The van der Waals surface area contributed by atoms with Crippen LogP contribution in [0.3, 0.4) is 0 Å². The van der Waals surface area contributed by atoms with Crippen LogP contribution in [-0.4, -0.2) is 57.8 Å². The van der Waals surface area contributed by atoms with E-state index in [9.17, 15) is 24.6 Å². The van der Waals surface area contributed by atoms with E-state index in [1.807, 2.05) is 6.92 Å². The van der Waals surface area contributed by atoms with Crippen LogP contribution in [0.1, 0.15) is 72.6 Å². The predicted molar refractivity (Wildman–Crippen MR) is 133 cm³/mol.